The van der Waals surface area contributed by atoms with E-state index in [0.29, 0.717) is 23.4 Å². The summed E-state index contributed by atoms with van der Waals surface area (Å²) in [5.41, 5.74) is 3.01. The molecular weight excluding hydrogens is 344 g/mol. The van der Waals surface area contributed by atoms with E-state index in [1.54, 1.807) is 41.6 Å². The number of pyridine rings is 2. The van der Waals surface area contributed by atoms with E-state index >= 15 is 0 Å². The third kappa shape index (κ3) is 3.35. The lowest BCUT2D eigenvalue weighted by Gasteiger charge is -2.18. The summed E-state index contributed by atoms with van der Waals surface area (Å²) in [6.07, 6.45) is 5.29. The van der Waals surface area contributed by atoms with Crippen LogP contribution in [0.4, 0.5) is 11.4 Å². The monoisotopic (exact) mass is 360 g/mol. The van der Waals surface area contributed by atoms with Gasteiger partial charge in [0.15, 0.2) is 0 Å². The third-order valence-electron chi connectivity index (χ3n) is 4.44. The number of hydrogen-bond donors (Lipinski definition) is 2. The Bertz CT molecular complexity index is 1060. The van der Waals surface area contributed by atoms with Crippen LogP contribution in [0.25, 0.3) is 0 Å². The zero-order valence-corrected chi connectivity index (χ0v) is 14.3. The van der Waals surface area contributed by atoms with Crippen molar-refractivity contribution >= 4 is 23.2 Å². The second kappa shape index (κ2) is 6.87. The second-order valence-corrected chi connectivity index (χ2v) is 6.19. The van der Waals surface area contributed by atoms with Crippen molar-refractivity contribution in [2.24, 2.45) is 0 Å². The van der Waals surface area contributed by atoms with Gasteiger partial charge in [0.1, 0.15) is 0 Å². The number of nitrogens with one attached hydrogen (secondary N) is 2. The smallest absolute Gasteiger partial charge is 0.259 e. The second-order valence-electron chi connectivity index (χ2n) is 6.19. The summed E-state index contributed by atoms with van der Waals surface area (Å²) in [6, 6.07) is 11.7. The highest BCUT2D eigenvalue weighted by Crippen LogP contribution is 2.32. The molecule has 3 aromatic rings. The lowest BCUT2D eigenvalue weighted by molar-refractivity contribution is 0.0987. The highest BCUT2D eigenvalue weighted by Gasteiger charge is 2.26. The van der Waals surface area contributed by atoms with Crippen molar-refractivity contribution < 1.29 is 9.59 Å². The predicted molar refractivity (Wildman–Crippen MR) is 101 cm³/mol. The van der Waals surface area contributed by atoms with E-state index in [1.165, 1.54) is 18.3 Å². The summed E-state index contributed by atoms with van der Waals surface area (Å²) in [5, 5.41) is 2.80. The maximum Gasteiger partial charge on any atom is 0.259 e. The van der Waals surface area contributed by atoms with Gasteiger partial charge >= 0.3 is 0 Å². The van der Waals surface area contributed by atoms with E-state index in [4.69, 9.17) is 0 Å². The molecular formula is C20H16N4O3. The van der Waals surface area contributed by atoms with Crippen LogP contribution in [0.5, 0.6) is 0 Å². The van der Waals surface area contributed by atoms with Gasteiger partial charge in [-0.25, -0.2) is 0 Å². The molecule has 0 radical (unpaired) electrons. The molecule has 0 atom stereocenters. The van der Waals surface area contributed by atoms with Crippen molar-refractivity contribution in [2.45, 2.75) is 6.42 Å². The van der Waals surface area contributed by atoms with Gasteiger partial charge in [0.2, 0.25) is 5.56 Å². The molecule has 2 amide bonds. The quantitative estimate of drug-likeness (QED) is 0.749. The molecule has 2 aromatic heterocycles. The van der Waals surface area contributed by atoms with Crippen LogP contribution in [0.2, 0.25) is 0 Å². The number of carbonyl (C=O) groups is 2. The Morgan fingerprint density at radius 1 is 1.11 bits per heavy atom. The number of H-pyrrole nitrogens is 1. The maximum absolute atomic E-state index is 12.8. The van der Waals surface area contributed by atoms with Gasteiger partial charge in [-0.1, -0.05) is 6.07 Å². The Morgan fingerprint density at radius 3 is 2.74 bits per heavy atom. The Hall–Kier alpha value is -3.74. The maximum atomic E-state index is 12.8. The Morgan fingerprint density at radius 2 is 2.00 bits per heavy atom. The molecule has 0 saturated carbocycles. The van der Waals surface area contributed by atoms with E-state index in [2.05, 4.69) is 15.3 Å². The van der Waals surface area contributed by atoms with E-state index in [0.717, 1.165) is 17.7 Å². The van der Waals surface area contributed by atoms with Crippen molar-refractivity contribution in [1.82, 2.24) is 9.97 Å². The molecule has 0 saturated heterocycles. The molecule has 0 aliphatic carbocycles. The molecule has 7 nitrogen and oxygen atoms in total. The summed E-state index contributed by atoms with van der Waals surface area (Å²) in [5.74, 6) is -0.458. The van der Waals surface area contributed by atoms with Gasteiger partial charge in [-0.15, -0.1) is 0 Å². The number of aromatic nitrogens is 2. The van der Waals surface area contributed by atoms with Crippen molar-refractivity contribution in [3.05, 3.63) is 88.1 Å². The first-order valence-corrected chi connectivity index (χ1v) is 8.47. The number of anilines is 2. The average Bonchev–Trinajstić information content (AvgIpc) is 3.12. The van der Waals surface area contributed by atoms with Crippen LogP contribution in [0.1, 0.15) is 26.3 Å². The molecule has 27 heavy (non-hydrogen) atoms. The molecule has 0 bridgehead atoms. The largest absolute Gasteiger partial charge is 0.328 e. The fourth-order valence-corrected chi connectivity index (χ4v) is 3.07. The first-order chi connectivity index (χ1) is 13.1. The third-order valence-corrected chi connectivity index (χ3v) is 4.44. The van der Waals surface area contributed by atoms with Crippen LogP contribution >= 0.6 is 0 Å². The first-order valence-electron chi connectivity index (χ1n) is 8.47. The zero-order valence-electron chi connectivity index (χ0n) is 14.3. The van der Waals surface area contributed by atoms with Gasteiger partial charge in [0.05, 0.1) is 11.1 Å². The first kappa shape index (κ1) is 16.7. The van der Waals surface area contributed by atoms with Gasteiger partial charge in [-0.3, -0.25) is 19.4 Å². The SMILES string of the molecule is O=C(Nc1ccc2c(c1)N(C(=O)c1cccnc1)CC2)c1ccc(=O)[nH]c1. The minimum absolute atomic E-state index is 0.119. The van der Waals surface area contributed by atoms with Gasteiger partial charge in [-0.2, -0.15) is 0 Å². The lowest BCUT2D eigenvalue weighted by atomic mass is 10.1. The number of carbonyl (C=O) groups excluding carboxylic acids is 2. The van der Waals surface area contributed by atoms with Crippen molar-refractivity contribution in [2.75, 3.05) is 16.8 Å². The van der Waals surface area contributed by atoms with Crippen LogP contribution < -0.4 is 15.8 Å². The number of amides is 2. The molecule has 0 fully saturated rings. The van der Waals surface area contributed by atoms with Crippen LogP contribution in [-0.4, -0.2) is 28.3 Å². The molecule has 0 unspecified atom stereocenters. The summed E-state index contributed by atoms with van der Waals surface area (Å²) in [4.78, 5) is 44.4. The Labute approximate surface area is 154 Å². The molecule has 1 aliphatic rings. The van der Waals surface area contributed by atoms with Crippen LogP contribution in [-0.2, 0) is 6.42 Å². The van der Waals surface area contributed by atoms with Crippen molar-refractivity contribution in [1.29, 1.82) is 0 Å². The molecule has 2 N–H and O–H groups in total. The number of benzene rings is 1. The van der Waals surface area contributed by atoms with Gasteiger partial charge in [0, 0.05) is 42.6 Å². The van der Waals surface area contributed by atoms with E-state index in [-0.39, 0.29) is 17.4 Å². The van der Waals surface area contributed by atoms with Crippen molar-refractivity contribution in [3.63, 3.8) is 0 Å². The number of rotatable bonds is 3. The molecule has 0 spiro atoms. The normalized spacial score (nSPS) is 12.5. The fraction of sp³-hybridized carbons (Fsp3) is 0.100. The Balaban J connectivity index is 1.58. The summed E-state index contributed by atoms with van der Waals surface area (Å²) < 4.78 is 0. The van der Waals surface area contributed by atoms with Gasteiger partial charge in [-0.05, 0) is 42.3 Å². The van der Waals surface area contributed by atoms with E-state index < -0.39 is 0 Å². The molecule has 1 aliphatic heterocycles. The zero-order chi connectivity index (χ0) is 18.8. The van der Waals surface area contributed by atoms with Crippen LogP contribution in [0.3, 0.4) is 0 Å². The summed E-state index contributed by atoms with van der Waals surface area (Å²) in [7, 11) is 0. The minimum Gasteiger partial charge on any atom is -0.328 e. The molecule has 1 aromatic carbocycles. The van der Waals surface area contributed by atoms with E-state index in [9.17, 15) is 14.4 Å². The highest BCUT2D eigenvalue weighted by atomic mass is 16.2. The number of aromatic amines is 1. The number of nitrogens with zero attached hydrogens (tertiary/aromatic N) is 2. The molecule has 134 valence electrons. The summed E-state index contributed by atoms with van der Waals surface area (Å²) in [6.45, 7) is 0.584. The standard InChI is InChI=1S/C20H16N4O3/c25-18-6-4-14(12-22-18)19(26)23-16-5-3-13-7-9-24(17(13)10-16)20(27)15-2-1-8-21-11-15/h1-6,8,10-12H,7,9H2,(H,22,25)(H,23,26). The predicted octanol–water partition coefficient (Wildman–Crippen LogP) is 2.23. The minimum atomic E-state index is -0.339. The fourth-order valence-electron chi connectivity index (χ4n) is 3.07. The van der Waals surface area contributed by atoms with Crippen molar-refractivity contribution in [3.8, 4) is 0 Å². The van der Waals surface area contributed by atoms with Crippen LogP contribution in [0, 0.1) is 0 Å². The average molecular weight is 360 g/mol. The molecule has 7 heteroatoms. The van der Waals surface area contributed by atoms with Gasteiger partial charge < -0.3 is 15.2 Å². The number of fused-ring (bicyclic) bond motifs is 1. The van der Waals surface area contributed by atoms with Gasteiger partial charge in [0.25, 0.3) is 11.8 Å². The highest BCUT2D eigenvalue weighted by molar-refractivity contribution is 6.08. The number of hydrogen-bond acceptors (Lipinski definition) is 4. The van der Waals surface area contributed by atoms with Crippen LogP contribution in [0.15, 0.2) is 65.8 Å². The lowest BCUT2D eigenvalue weighted by Crippen LogP contribution is -2.29. The summed E-state index contributed by atoms with van der Waals surface area (Å²) >= 11 is 0. The Kier molecular flexibility index (Phi) is 4.25. The topological polar surface area (TPSA) is 95.2 Å². The molecule has 4 rings (SSSR count). The van der Waals surface area contributed by atoms with E-state index in [1.807, 2.05) is 6.07 Å². The molecule has 3 heterocycles.